The molecule has 2 N–H and O–H groups in total. The Bertz CT molecular complexity index is 723. The maximum atomic E-state index is 11.6. The van der Waals surface area contributed by atoms with Gasteiger partial charge in [0, 0.05) is 0 Å². The number of hydrogen-bond acceptors (Lipinski definition) is 3. The lowest BCUT2D eigenvalue weighted by atomic mass is 9.94. The summed E-state index contributed by atoms with van der Waals surface area (Å²) in [5.41, 5.74) is 10.7. The lowest BCUT2D eigenvalue weighted by Gasteiger charge is -2.12. The number of hydrogen-bond donors (Lipinski definition) is 1. The predicted molar refractivity (Wildman–Crippen MR) is 89.0 cm³/mol. The molecule has 0 saturated heterocycles. The van der Waals surface area contributed by atoms with E-state index in [1.54, 1.807) is 6.07 Å². The molecule has 1 fully saturated rings. The second-order valence-electron chi connectivity index (χ2n) is 5.68. The molecule has 1 aliphatic rings. The molecule has 114 valence electrons. The Morgan fingerprint density at radius 3 is 2.68 bits per heavy atom. The Morgan fingerprint density at radius 2 is 2.05 bits per heavy atom. The normalized spacial score (nSPS) is 13.9. The average molecular weight is 316 g/mol. The maximum absolute atomic E-state index is 11.6. The van der Waals surface area contributed by atoms with Gasteiger partial charge in [0.2, 0.25) is 0 Å². The molecule has 3 rings (SSSR count). The minimum absolute atomic E-state index is 0.248. The van der Waals surface area contributed by atoms with E-state index in [2.05, 4.69) is 12.1 Å². The van der Waals surface area contributed by atoms with Crippen molar-refractivity contribution in [3.05, 3.63) is 52.5 Å². The molecule has 0 atom stereocenters. The van der Waals surface area contributed by atoms with E-state index in [-0.39, 0.29) is 12.4 Å². The van der Waals surface area contributed by atoms with Crippen molar-refractivity contribution < 1.29 is 9.53 Å². The van der Waals surface area contributed by atoms with Crippen LogP contribution in [0.1, 0.15) is 29.9 Å². The van der Waals surface area contributed by atoms with E-state index in [9.17, 15) is 4.79 Å². The Balaban J connectivity index is 2.06. The van der Waals surface area contributed by atoms with Gasteiger partial charge in [0.15, 0.2) is 0 Å². The fourth-order valence-corrected chi connectivity index (χ4v) is 2.74. The number of carbonyl (C=O) groups is 1. The number of anilines is 1. The highest BCUT2D eigenvalue weighted by Gasteiger charge is 2.24. The van der Waals surface area contributed by atoms with Gasteiger partial charge in [0.1, 0.15) is 0 Å². The van der Waals surface area contributed by atoms with E-state index in [1.165, 1.54) is 25.5 Å². The highest BCUT2D eigenvalue weighted by Crippen LogP contribution is 2.42. The summed E-state index contributed by atoms with van der Waals surface area (Å²) in [6.45, 7) is 0. The summed E-state index contributed by atoms with van der Waals surface area (Å²) in [7, 11) is 1.40. The molecule has 22 heavy (non-hydrogen) atoms. The standard InChI is InChI=1S/C18H18ClNO2/c1-22-18(21)10-14-5-4-12(11-2-3-11)8-15(14)13-6-7-16(19)17(20)9-13/h4-9,11H,2-3,10,20H2,1H3. The van der Waals surface area contributed by atoms with Crippen LogP contribution in [-0.2, 0) is 16.0 Å². The zero-order valence-corrected chi connectivity index (χ0v) is 13.2. The van der Waals surface area contributed by atoms with E-state index in [0.29, 0.717) is 16.6 Å². The van der Waals surface area contributed by atoms with E-state index < -0.39 is 0 Å². The van der Waals surface area contributed by atoms with Gasteiger partial charge in [-0.2, -0.15) is 0 Å². The number of methoxy groups -OCH3 is 1. The van der Waals surface area contributed by atoms with Crippen molar-refractivity contribution in [2.75, 3.05) is 12.8 Å². The van der Waals surface area contributed by atoms with Crippen molar-refractivity contribution in [3.8, 4) is 11.1 Å². The van der Waals surface area contributed by atoms with Gasteiger partial charge in [-0.3, -0.25) is 4.79 Å². The molecule has 1 aliphatic carbocycles. The molecule has 0 spiro atoms. The molecule has 0 heterocycles. The molecular formula is C18H18ClNO2. The lowest BCUT2D eigenvalue weighted by molar-refractivity contribution is -0.139. The number of benzene rings is 2. The molecule has 2 aromatic rings. The van der Waals surface area contributed by atoms with Crippen molar-refractivity contribution in [3.63, 3.8) is 0 Å². The van der Waals surface area contributed by atoms with Gasteiger partial charge >= 0.3 is 5.97 Å². The van der Waals surface area contributed by atoms with Crippen LogP contribution in [0.4, 0.5) is 5.69 Å². The average Bonchev–Trinajstić information content (AvgIpc) is 3.35. The van der Waals surface area contributed by atoms with Crippen LogP contribution < -0.4 is 5.73 Å². The Morgan fingerprint density at radius 1 is 1.27 bits per heavy atom. The molecule has 0 bridgehead atoms. The zero-order valence-electron chi connectivity index (χ0n) is 12.4. The van der Waals surface area contributed by atoms with Crippen molar-refractivity contribution >= 4 is 23.3 Å². The van der Waals surface area contributed by atoms with Crippen LogP contribution >= 0.6 is 11.6 Å². The maximum Gasteiger partial charge on any atom is 0.309 e. The van der Waals surface area contributed by atoms with Gasteiger partial charge in [-0.05, 0) is 53.1 Å². The first-order valence-electron chi connectivity index (χ1n) is 7.33. The summed E-state index contributed by atoms with van der Waals surface area (Å²) >= 11 is 6.01. The molecule has 0 radical (unpaired) electrons. The first-order valence-corrected chi connectivity index (χ1v) is 7.71. The van der Waals surface area contributed by atoms with Crippen LogP contribution in [0.5, 0.6) is 0 Å². The molecule has 0 aliphatic heterocycles. The second-order valence-corrected chi connectivity index (χ2v) is 6.09. The summed E-state index contributed by atoms with van der Waals surface area (Å²) in [4.78, 5) is 11.6. The number of nitrogen functional groups attached to an aromatic ring is 1. The Hall–Kier alpha value is -2.00. The van der Waals surface area contributed by atoms with Crippen LogP contribution in [0.15, 0.2) is 36.4 Å². The number of halogens is 1. The van der Waals surface area contributed by atoms with Crippen LogP contribution in [0.25, 0.3) is 11.1 Å². The number of nitrogens with two attached hydrogens (primary N) is 1. The van der Waals surface area contributed by atoms with Gasteiger partial charge in [-0.25, -0.2) is 0 Å². The monoisotopic (exact) mass is 315 g/mol. The SMILES string of the molecule is COC(=O)Cc1ccc(C2CC2)cc1-c1ccc(Cl)c(N)c1. The number of carbonyl (C=O) groups excluding carboxylic acids is 1. The van der Waals surface area contributed by atoms with Gasteiger partial charge in [0.25, 0.3) is 0 Å². The number of ether oxygens (including phenoxy) is 1. The van der Waals surface area contributed by atoms with Crippen molar-refractivity contribution in [2.24, 2.45) is 0 Å². The molecular weight excluding hydrogens is 298 g/mol. The highest BCUT2D eigenvalue weighted by atomic mass is 35.5. The topological polar surface area (TPSA) is 52.3 Å². The van der Waals surface area contributed by atoms with Crippen LogP contribution in [0.2, 0.25) is 5.02 Å². The van der Waals surface area contributed by atoms with Gasteiger partial charge in [0.05, 0.1) is 24.2 Å². The molecule has 0 amide bonds. The van der Waals surface area contributed by atoms with E-state index in [4.69, 9.17) is 22.1 Å². The first kappa shape index (κ1) is 14.9. The number of rotatable bonds is 4. The largest absolute Gasteiger partial charge is 0.469 e. The molecule has 2 aromatic carbocycles. The second kappa shape index (κ2) is 6.01. The summed E-state index contributed by atoms with van der Waals surface area (Å²) in [6.07, 6.45) is 2.72. The minimum atomic E-state index is -0.248. The number of esters is 1. The fourth-order valence-electron chi connectivity index (χ4n) is 2.63. The summed E-state index contributed by atoms with van der Waals surface area (Å²) < 4.78 is 4.79. The van der Waals surface area contributed by atoms with Gasteiger partial charge in [-0.15, -0.1) is 0 Å². The van der Waals surface area contributed by atoms with Crippen molar-refractivity contribution in [2.45, 2.75) is 25.2 Å². The summed E-state index contributed by atoms with van der Waals surface area (Å²) in [6, 6.07) is 11.9. The smallest absolute Gasteiger partial charge is 0.309 e. The zero-order chi connectivity index (χ0) is 15.7. The molecule has 4 heteroatoms. The molecule has 0 unspecified atom stereocenters. The van der Waals surface area contributed by atoms with Crippen LogP contribution in [0, 0.1) is 0 Å². The summed E-state index contributed by atoms with van der Waals surface area (Å²) in [5.74, 6) is 0.401. The summed E-state index contributed by atoms with van der Waals surface area (Å²) in [5, 5.41) is 0.539. The van der Waals surface area contributed by atoms with Crippen molar-refractivity contribution in [1.82, 2.24) is 0 Å². The highest BCUT2D eigenvalue weighted by molar-refractivity contribution is 6.33. The Labute approximate surface area is 135 Å². The molecule has 1 saturated carbocycles. The predicted octanol–water partition coefficient (Wildman–Crippen LogP) is 4.18. The van der Waals surface area contributed by atoms with E-state index in [1.807, 2.05) is 18.2 Å². The third-order valence-electron chi connectivity index (χ3n) is 4.05. The van der Waals surface area contributed by atoms with Crippen molar-refractivity contribution in [1.29, 1.82) is 0 Å². The van der Waals surface area contributed by atoms with Crippen LogP contribution in [0.3, 0.4) is 0 Å². The van der Waals surface area contributed by atoms with E-state index in [0.717, 1.165) is 16.7 Å². The van der Waals surface area contributed by atoms with E-state index >= 15 is 0 Å². The Kier molecular flexibility index (Phi) is 4.08. The lowest BCUT2D eigenvalue weighted by Crippen LogP contribution is -2.06. The first-order chi connectivity index (χ1) is 10.6. The van der Waals surface area contributed by atoms with Gasteiger partial charge < -0.3 is 10.5 Å². The van der Waals surface area contributed by atoms with Gasteiger partial charge in [-0.1, -0.05) is 35.9 Å². The van der Waals surface area contributed by atoms with Crippen LogP contribution in [-0.4, -0.2) is 13.1 Å². The quantitative estimate of drug-likeness (QED) is 0.680. The molecule has 3 nitrogen and oxygen atoms in total. The molecule has 0 aromatic heterocycles. The minimum Gasteiger partial charge on any atom is -0.469 e. The third kappa shape index (κ3) is 3.09. The fraction of sp³-hybridized carbons (Fsp3) is 0.278. The third-order valence-corrected chi connectivity index (χ3v) is 4.40.